The van der Waals surface area contributed by atoms with E-state index in [0.717, 1.165) is 16.3 Å². The highest BCUT2D eigenvalue weighted by molar-refractivity contribution is 6.52. The number of phenolic OH excluding ortho intramolecular Hbond substituents is 1. The number of hydrogen-bond donors (Lipinski definition) is 2. The number of nitrogens with zero attached hydrogens (tertiary/aromatic N) is 2. The number of fused-ring (bicyclic) bond motifs is 1. The molecule has 1 aliphatic heterocycles. The fourth-order valence-electron chi connectivity index (χ4n) is 4.30. The van der Waals surface area contributed by atoms with Crippen LogP contribution in [0.1, 0.15) is 22.9 Å². The fourth-order valence-corrected chi connectivity index (χ4v) is 4.30. The topological polar surface area (TPSA) is 90.7 Å². The van der Waals surface area contributed by atoms with Crippen LogP contribution < -0.4 is 4.90 Å². The molecule has 2 heterocycles. The average molecular weight is 436 g/mol. The number of aliphatic hydroxyl groups is 1. The van der Waals surface area contributed by atoms with E-state index in [1.807, 2.05) is 37.3 Å². The number of phenols is 1. The summed E-state index contributed by atoms with van der Waals surface area (Å²) in [6, 6.07) is 21.9. The van der Waals surface area contributed by atoms with Gasteiger partial charge in [0.2, 0.25) is 0 Å². The second-order valence-electron chi connectivity index (χ2n) is 7.94. The van der Waals surface area contributed by atoms with Crippen molar-refractivity contribution in [1.29, 1.82) is 0 Å². The average Bonchev–Trinajstić information content (AvgIpc) is 3.10. The predicted molar refractivity (Wildman–Crippen MR) is 126 cm³/mol. The number of carbonyl (C=O) groups excluding carboxylic acids is 2. The molecule has 1 aromatic heterocycles. The maximum Gasteiger partial charge on any atom is 0.300 e. The molecule has 1 aliphatic rings. The summed E-state index contributed by atoms with van der Waals surface area (Å²) in [5.74, 6) is -2.10. The SMILES string of the molecule is Cc1ccc(O)c(N2C(=O)C(=O)/C(=C(\O)c3cccc4ccccc34)C2c2ccccn2)c1. The lowest BCUT2D eigenvalue weighted by atomic mass is 9.95. The highest BCUT2D eigenvalue weighted by Crippen LogP contribution is 2.44. The van der Waals surface area contributed by atoms with Crippen molar-refractivity contribution < 1.29 is 19.8 Å². The normalized spacial score (nSPS) is 17.6. The Hall–Kier alpha value is -4.45. The third-order valence-corrected chi connectivity index (χ3v) is 5.85. The van der Waals surface area contributed by atoms with Gasteiger partial charge in [0, 0.05) is 11.8 Å². The fraction of sp³-hybridized carbons (Fsp3) is 0.0741. The molecule has 0 aliphatic carbocycles. The predicted octanol–water partition coefficient (Wildman–Crippen LogP) is 4.88. The van der Waals surface area contributed by atoms with Gasteiger partial charge in [-0.25, -0.2) is 0 Å². The van der Waals surface area contributed by atoms with Gasteiger partial charge in [-0.1, -0.05) is 54.6 Å². The number of hydrogen-bond acceptors (Lipinski definition) is 5. The van der Waals surface area contributed by atoms with E-state index in [2.05, 4.69) is 4.98 Å². The zero-order valence-electron chi connectivity index (χ0n) is 17.8. The van der Waals surface area contributed by atoms with Gasteiger partial charge in [0.15, 0.2) is 0 Å². The quantitative estimate of drug-likeness (QED) is 0.272. The smallest absolute Gasteiger partial charge is 0.300 e. The van der Waals surface area contributed by atoms with Crippen molar-refractivity contribution in [2.45, 2.75) is 13.0 Å². The highest BCUT2D eigenvalue weighted by atomic mass is 16.3. The Morgan fingerprint density at radius 3 is 2.48 bits per heavy atom. The summed E-state index contributed by atoms with van der Waals surface area (Å²) in [6.45, 7) is 1.82. The van der Waals surface area contributed by atoms with E-state index in [1.54, 1.807) is 48.7 Å². The molecule has 6 nitrogen and oxygen atoms in total. The summed E-state index contributed by atoms with van der Waals surface area (Å²) in [5, 5.41) is 23.6. The standard InChI is InChI=1S/C27H20N2O4/c1-16-12-13-22(30)21(15-16)29-24(20-11-4-5-14-28-20)23(26(32)27(29)33)25(31)19-10-6-8-17-7-2-3-9-18(17)19/h2-15,24,30-31H,1H3/b25-23-. The number of aliphatic hydroxyl groups excluding tert-OH is 1. The van der Waals surface area contributed by atoms with Crippen LogP contribution in [-0.4, -0.2) is 26.9 Å². The molecule has 0 radical (unpaired) electrons. The van der Waals surface area contributed by atoms with Gasteiger partial charge in [-0.15, -0.1) is 0 Å². The first-order valence-electron chi connectivity index (χ1n) is 10.5. The van der Waals surface area contributed by atoms with Crippen LogP contribution in [0.15, 0.2) is 90.6 Å². The van der Waals surface area contributed by atoms with Gasteiger partial charge in [0.1, 0.15) is 17.6 Å². The van der Waals surface area contributed by atoms with Crippen LogP contribution in [0.5, 0.6) is 5.75 Å². The number of carbonyl (C=O) groups is 2. The molecule has 0 bridgehead atoms. The Morgan fingerprint density at radius 2 is 1.70 bits per heavy atom. The molecule has 0 saturated carbocycles. The van der Waals surface area contributed by atoms with Crippen LogP contribution >= 0.6 is 0 Å². The van der Waals surface area contributed by atoms with E-state index >= 15 is 0 Å². The molecule has 1 saturated heterocycles. The lowest BCUT2D eigenvalue weighted by Crippen LogP contribution is -2.30. The number of pyridine rings is 1. The largest absolute Gasteiger partial charge is 0.507 e. The van der Waals surface area contributed by atoms with Gasteiger partial charge in [0.25, 0.3) is 11.7 Å². The number of amides is 1. The zero-order valence-corrected chi connectivity index (χ0v) is 17.8. The molecule has 162 valence electrons. The maximum atomic E-state index is 13.3. The van der Waals surface area contributed by atoms with Crippen LogP contribution in [-0.2, 0) is 9.59 Å². The van der Waals surface area contributed by atoms with E-state index < -0.39 is 17.7 Å². The minimum atomic E-state index is -1.00. The summed E-state index contributed by atoms with van der Waals surface area (Å²) in [5.41, 5.74) is 1.76. The van der Waals surface area contributed by atoms with Gasteiger partial charge < -0.3 is 10.2 Å². The van der Waals surface area contributed by atoms with Gasteiger partial charge in [0.05, 0.1) is 17.0 Å². The van der Waals surface area contributed by atoms with E-state index in [0.29, 0.717) is 11.3 Å². The minimum Gasteiger partial charge on any atom is -0.507 e. The first kappa shape index (κ1) is 20.5. The Balaban J connectivity index is 1.80. The monoisotopic (exact) mass is 436 g/mol. The Bertz CT molecular complexity index is 1440. The third-order valence-electron chi connectivity index (χ3n) is 5.85. The number of rotatable bonds is 3. The van der Waals surface area contributed by atoms with Gasteiger partial charge in [-0.05, 0) is 47.5 Å². The van der Waals surface area contributed by atoms with Gasteiger partial charge >= 0.3 is 0 Å². The molecule has 1 fully saturated rings. The molecular weight excluding hydrogens is 416 g/mol. The third kappa shape index (κ3) is 3.32. The summed E-state index contributed by atoms with van der Waals surface area (Å²) < 4.78 is 0. The molecule has 1 amide bonds. The van der Waals surface area contributed by atoms with Crippen molar-refractivity contribution in [2.75, 3.05) is 4.90 Å². The summed E-state index contributed by atoms with van der Waals surface area (Å²) in [7, 11) is 0. The van der Waals surface area contributed by atoms with E-state index in [4.69, 9.17) is 0 Å². The number of aryl methyl sites for hydroxylation is 1. The van der Waals surface area contributed by atoms with Crippen molar-refractivity contribution in [3.05, 3.63) is 107 Å². The Morgan fingerprint density at radius 1 is 0.939 bits per heavy atom. The lowest BCUT2D eigenvalue weighted by molar-refractivity contribution is -0.132. The zero-order chi connectivity index (χ0) is 23.1. The molecule has 5 rings (SSSR count). The van der Waals surface area contributed by atoms with Crippen LogP contribution in [0.25, 0.3) is 16.5 Å². The van der Waals surface area contributed by atoms with Crippen LogP contribution in [0, 0.1) is 6.92 Å². The maximum absolute atomic E-state index is 13.3. The molecule has 2 N–H and O–H groups in total. The molecule has 33 heavy (non-hydrogen) atoms. The van der Waals surface area contributed by atoms with Gasteiger partial charge in [-0.2, -0.15) is 0 Å². The van der Waals surface area contributed by atoms with E-state index in [9.17, 15) is 19.8 Å². The number of aromatic nitrogens is 1. The number of benzene rings is 3. The van der Waals surface area contributed by atoms with Crippen molar-refractivity contribution >= 4 is 33.9 Å². The Labute approximate surface area is 190 Å². The summed E-state index contributed by atoms with van der Waals surface area (Å²) >= 11 is 0. The summed E-state index contributed by atoms with van der Waals surface area (Å²) in [6.07, 6.45) is 1.56. The second kappa shape index (κ2) is 7.91. The molecule has 4 aromatic rings. The number of aromatic hydroxyl groups is 1. The number of Topliss-reactive ketones (excluding diaryl/α,β-unsaturated/α-hetero) is 1. The second-order valence-corrected chi connectivity index (χ2v) is 7.94. The van der Waals surface area contributed by atoms with Gasteiger partial charge in [-0.3, -0.25) is 19.5 Å². The number of anilines is 1. The van der Waals surface area contributed by atoms with E-state index in [1.165, 1.54) is 11.0 Å². The van der Waals surface area contributed by atoms with Crippen LogP contribution in [0.2, 0.25) is 0 Å². The Kier molecular flexibility index (Phi) is 4.90. The molecule has 3 aromatic carbocycles. The van der Waals surface area contributed by atoms with Crippen molar-refractivity contribution in [2.24, 2.45) is 0 Å². The number of ketones is 1. The molecular formula is C27H20N2O4. The first-order valence-corrected chi connectivity index (χ1v) is 10.5. The first-order chi connectivity index (χ1) is 16.0. The molecule has 1 atom stereocenters. The summed E-state index contributed by atoms with van der Waals surface area (Å²) in [4.78, 5) is 32.1. The van der Waals surface area contributed by atoms with Crippen molar-refractivity contribution in [3.8, 4) is 5.75 Å². The molecule has 6 heteroatoms. The van der Waals surface area contributed by atoms with Crippen molar-refractivity contribution in [3.63, 3.8) is 0 Å². The molecule has 1 unspecified atom stereocenters. The van der Waals surface area contributed by atoms with E-state index in [-0.39, 0.29) is 22.8 Å². The highest BCUT2D eigenvalue weighted by Gasteiger charge is 2.48. The molecule has 0 spiro atoms. The minimum absolute atomic E-state index is 0.0732. The van der Waals surface area contributed by atoms with Crippen LogP contribution in [0.4, 0.5) is 5.69 Å². The van der Waals surface area contributed by atoms with Crippen molar-refractivity contribution in [1.82, 2.24) is 4.98 Å². The lowest BCUT2D eigenvalue weighted by Gasteiger charge is -2.25. The van der Waals surface area contributed by atoms with Crippen LogP contribution in [0.3, 0.4) is 0 Å².